The second-order valence-electron chi connectivity index (χ2n) is 5.76. The van der Waals surface area contributed by atoms with E-state index in [2.05, 4.69) is 10.0 Å². The number of carbonyl (C=O) groups is 1. The molecule has 0 fully saturated rings. The number of benzene rings is 3. The van der Waals surface area contributed by atoms with Gasteiger partial charge >= 0.3 is 0 Å². The lowest BCUT2D eigenvalue weighted by Crippen LogP contribution is -2.15. The third-order valence-electron chi connectivity index (χ3n) is 3.71. The van der Waals surface area contributed by atoms with E-state index in [4.69, 9.17) is 23.2 Å². The number of aromatic hydroxyl groups is 1. The van der Waals surface area contributed by atoms with Crippen LogP contribution >= 0.6 is 23.2 Å². The highest BCUT2D eigenvalue weighted by Crippen LogP contribution is 2.28. The maximum Gasteiger partial charge on any atom is 0.261 e. The van der Waals surface area contributed by atoms with Crippen LogP contribution in [0.15, 0.2) is 71.6 Å². The molecule has 0 unspecified atom stereocenters. The fraction of sp³-hybridized carbons (Fsp3) is 0. The quantitative estimate of drug-likeness (QED) is 0.502. The van der Waals surface area contributed by atoms with E-state index in [0.29, 0.717) is 15.6 Å². The fourth-order valence-electron chi connectivity index (χ4n) is 2.34. The molecule has 0 atom stereocenters. The first-order chi connectivity index (χ1) is 13.2. The Labute approximate surface area is 171 Å². The molecule has 3 N–H and O–H groups in total. The molecule has 3 rings (SSSR count). The molecule has 0 radical (unpaired) electrons. The molecular formula is C19H14Cl2N2O4S. The lowest BCUT2D eigenvalue weighted by atomic mass is 10.2. The number of carbonyl (C=O) groups excluding carboxylic acids is 1. The highest BCUT2D eigenvalue weighted by molar-refractivity contribution is 7.92. The highest BCUT2D eigenvalue weighted by atomic mass is 35.5. The van der Waals surface area contributed by atoms with Gasteiger partial charge in [-0.15, -0.1) is 0 Å². The maximum atomic E-state index is 12.6. The molecule has 9 heteroatoms. The molecule has 0 heterocycles. The molecule has 144 valence electrons. The first kappa shape index (κ1) is 20.0. The minimum atomic E-state index is -3.96. The summed E-state index contributed by atoms with van der Waals surface area (Å²) < 4.78 is 27.6. The number of nitrogens with one attached hydrogen (secondary N) is 2. The van der Waals surface area contributed by atoms with E-state index in [9.17, 15) is 18.3 Å². The zero-order valence-corrected chi connectivity index (χ0v) is 16.5. The Kier molecular flexibility index (Phi) is 5.79. The molecule has 0 spiro atoms. The predicted octanol–water partition coefficient (Wildman–Crippen LogP) is 4.75. The molecule has 6 nitrogen and oxygen atoms in total. The van der Waals surface area contributed by atoms with Crippen LogP contribution in [-0.4, -0.2) is 19.4 Å². The summed E-state index contributed by atoms with van der Waals surface area (Å²) in [5.74, 6) is -0.798. The second-order valence-corrected chi connectivity index (χ2v) is 8.31. The zero-order chi connectivity index (χ0) is 20.3. The summed E-state index contributed by atoms with van der Waals surface area (Å²) >= 11 is 11.7. The third-order valence-corrected chi connectivity index (χ3v) is 5.58. The molecule has 0 aromatic heterocycles. The summed E-state index contributed by atoms with van der Waals surface area (Å²) in [6.45, 7) is 0. The monoisotopic (exact) mass is 436 g/mol. The van der Waals surface area contributed by atoms with E-state index in [0.717, 1.165) is 6.07 Å². The molecule has 0 aliphatic rings. The number of hydrogen-bond acceptors (Lipinski definition) is 4. The first-order valence-electron chi connectivity index (χ1n) is 7.93. The van der Waals surface area contributed by atoms with Crippen LogP contribution in [0.5, 0.6) is 5.75 Å². The molecule has 28 heavy (non-hydrogen) atoms. The summed E-state index contributed by atoms with van der Waals surface area (Å²) in [6.07, 6.45) is 0. The van der Waals surface area contributed by atoms with Gasteiger partial charge in [0, 0.05) is 15.6 Å². The van der Waals surface area contributed by atoms with Gasteiger partial charge < -0.3 is 10.4 Å². The summed E-state index contributed by atoms with van der Waals surface area (Å²) in [5.41, 5.74) is 0.537. The van der Waals surface area contributed by atoms with Crippen LogP contribution in [0.4, 0.5) is 11.4 Å². The molecule has 3 aromatic rings. The van der Waals surface area contributed by atoms with Crippen molar-refractivity contribution in [3.63, 3.8) is 0 Å². The van der Waals surface area contributed by atoms with Crippen molar-refractivity contribution >= 4 is 50.5 Å². The van der Waals surface area contributed by atoms with Crippen molar-refractivity contribution < 1.29 is 18.3 Å². The summed E-state index contributed by atoms with van der Waals surface area (Å²) in [5, 5.41) is 13.3. The lowest BCUT2D eigenvalue weighted by molar-refractivity contribution is 0.102. The molecular weight excluding hydrogens is 423 g/mol. The average Bonchev–Trinajstić information content (AvgIpc) is 2.63. The van der Waals surface area contributed by atoms with Crippen LogP contribution in [0.25, 0.3) is 0 Å². The SMILES string of the molecule is O=C(Nc1cc(S(=O)(=O)Nc2cccc(Cl)c2)ccc1O)c1ccc(Cl)cc1. The zero-order valence-electron chi connectivity index (χ0n) is 14.2. The van der Waals surface area contributed by atoms with Crippen LogP contribution in [0.3, 0.4) is 0 Å². The smallest absolute Gasteiger partial charge is 0.261 e. The Morgan fingerprint density at radius 3 is 2.29 bits per heavy atom. The minimum absolute atomic E-state index is 0.0473. The summed E-state index contributed by atoms with van der Waals surface area (Å²) in [6, 6.07) is 15.9. The molecule has 0 saturated carbocycles. The number of amides is 1. The summed E-state index contributed by atoms with van der Waals surface area (Å²) in [7, 11) is -3.96. The van der Waals surface area contributed by atoms with Crippen LogP contribution < -0.4 is 10.0 Å². The number of phenolic OH excluding ortho intramolecular Hbond substituents is 1. The standard InChI is InChI=1S/C19H14Cl2N2O4S/c20-13-6-4-12(5-7-13)19(25)22-17-11-16(8-9-18(17)24)28(26,27)23-15-3-1-2-14(21)10-15/h1-11,23-24H,(H,22,25). The number of phenols is 1. The van der Waals surface area contributed by atoms with Gasteiger partial charge in [0.1, 0.15) is 5.75 Å². The second kappa shape index (κ2) is 8.10. The normalized spacial score (nSPS) is 11.1. The van der Waals surface area contributed by atoms with E-state index >= 15 is 0 Å². The van der Waals surface area contributed by atoms with Gasteiger partial charge in [0.05, 0.1) is 16.3 Å². The van der Waals surface area contributed by atoms with E-state index in [1.165, 1.54) is 30.3 Å². The van der Waals surface area contributed by atoms with Crippen LogP contribution in [0, 0.1) is 0 Å². The van der Waals surface area contributed by atoms with E-state index in [1.54, 1.807) is 30.3 Å². The fourth-order valence-corrected chi connectivity index (χ4v) is 3.74. The molecule has 0 bridgehead atoms. The molecule has 3 aromatic carbocycles. The van der Waals surface area contributed by atoms with Gasteiger partial charge in [-0.2, -0.15) is 0 Å². The average molecular weight is 437 g/mol. The van der Waals surface area contributed by atoms with Gasteiger partial charge in [-0.1, -0.05) is 29.3 Å². The number of anilines is 2. The van der Waals surface area contributed by atoms with Gasteiger partial charge in [0.25, 0.3) is 15.9 Å². The van der Waals surface area contributed by atoms with Gasteiger partial charge in [0.2, 0.25) is 0 Å². The van der Waals surface area contributed by atoms with Gasteiger partial charge in [-0.25, -0.2) is 8.42 Å². The molecule has 0 aliphatic carbocycles. The van der Waals surface area contributed by atoms with Crippen LogP contribution in [-0.2, 0) is 10.0 Å². The molecule has 1 amide bonds. The van der Waals surface area contributed by atoms with Crippen molar-refractivity contribution in [2.75, 3.05) is 10.0 Å². The van der Waals surface area contributed by atoms with Crippen molar-refractivity contribution in [3.8, 4) is 5.75 Å². The van der Waals surface area contributed by atoms with Gasteiger partial charge in [0.15, 0.2) is 0 Å². The lowest BCUT2D eigenvalue weighted by Gasteiger charge is -2.12. The van der Waals surface area contributed by atoms with Gasteiger partial charge in [-0.05, 0) is 60.7 Å². The first-order valence-corrected chi connectivity index (χ1v) is 10.2. The number of sulfonamides is 1. The van der Waals surface area contributed by atoms with E-state index in [-0.39, 0.29) is 22.0 Å². The third kappa shape index (κ3) is 4.75. The number of halogens is 2. The van der Waals surface area contributed by atoms with Crippen LogP contribution in [0.1, 0.15) is 10.4 Å². The molecule has 0 aliphatic heterocycles. The van der Waals surface area contributed by atoms with Gasteiger partial charge in [-0.3, -0.25) is 9.52 Å². The van der Waals surface area contributed by atoms with E-state index < -0.39 is 15.9 Å². The maximum absolute atomic E-state index is 12.6. The topological polar surface area (TPSA) is 95.5 Å². The van der Waals surface area contributed by atoms with Crippen molar-refractivity contribution in [2.24, 2.45) is 0 Å². The predicted molar refractivity (Wildman–Crippen MR) is 110 cm³/mol. The van der Waals surface area contributed by atoms with Crippen molar-refractivity contribution in [3.05, 3.63) is 82.3 Å². The minimum Gasteiger partial charge on any atom is -0.506 e. The van der Waals surface area contributed by atoms with Crippen molar-refractivity contribution in [1.82, 2.24) is 0 Å². The molecule has 0 saturated heterocycles. The Balaban J connectivity index is 1.86. The van der Waals surface area contributed by atoms with E-state index in [1.807, 2.05) is 0 Å². The number of hydrogen-bond donors (Lipinski definition) is 3. The largest absolute Gasteiger partial charge is 0.506 e. The highest BCUT2D eigenvalue weighted by Gasteiger charge is 2.18. The number of rotatable bonds is 5. The Morgan fingerprint density at radius 2 is 1.61 bits per heavy atom. The van der Waals surface area contributed by atoms with Crippen LogP contribution in [0.2, 0.25) is 10.0 Å². The summed E-state index contributed by atoms with van der Waals surface area (Å²) in [4.78, 5) is 12.2. The Bertz CT molecular complexity index is 1130. The Hall–Kier alpha value is -2.74. The Morgan fingerprint density at radius 1 is 0.893 bits per heavy atom. The van der Waals surface area contributed by atoms with Crippen molar-refractivity contribution in [2.45, 2.75) is 4.90 Å². The van der Waals surface area contributed by atoms with Crippen molar-refractivity contribution in [1.29, 1.82) is 0 Å².